The van der Waals surface area contributed by atoms with Crippen LogP contribution in [-0.2, 0) is 14.3 Å². The smallest absolute Gasteiger partial charge is 0.344 e. The van der Waals surface area contributed by atoms with Gasteiger partial charge in [0.15, 0.2) is 29.6 Å². The Bertz CT molecular complexity index is 1130. The van der Waals surface area contributed by atoms with Crippen molar-refractivity contribution < 1.29 is 38.1 Å². The lowest BCUT2D eigenvalue weighted by atomic mass is 10.0. The highest BCUT2D eigenvalue weighted by Gasteiger charge is 2.25. The number of amides is 2. The number of hydrogen-bond donors (Lipinski definition) is 2. The first kappa shape index (κ1) is 26.3. The second-order valence-corrected chi connectivity index (χ2v) is 8.00. The van der Waals surface area contributed by atoms with Gasteiger partial charge in [0, 0.05) is 5.56 Å². The predicted molar refractivity (Wildman–Crippen MR) is 130 cm³/mol. The maximum absolute atomic E-state index is 12.7. The molecule has 0 saturated heterocycles. The van der Waals surface area contributed by atoms with Crippen LogP contribution in [0.5, 0.6) is 23.0 Å². The summed E-state index contributed by atoms with van der Waals surface area (Å²) in [6, 6.07) is 8.92. The molecule has 1 aliphatic heterocycles. The molecule has 0 aliphatic carbocycles. The lowest BCUT2D eigenvalue weighted by molar-refractivity contribution is -0.145. The van der Waals surface area contributed by atoms with Crippen LogP contribution in [0.25, 0.3) is 0 Å². The van der Waals surface area contributed by atoms with E-state index in [0.29, 0.717) is 34.1 Å². The molecule has 11 nitrogen and oxygen atoms in total. The third kappa shape index (κ3) is 6.87. The Morgan fingerprint density at radius 1 is 1.08 bits per heavy atom. The summed E-state index contributed by atoms with van der Waals surface area (Å²) < 4.78 is 26.1. The Morgan fingerprint density at radius 3 is 2.58 bits per heavy atom. The molecule has 0 saturated carbocycles. The minimum atomic E-state index is -0.826. The summed E-state index contributed by atoms with van der Waals surface area (Å²) in [7, 11) is 1.46. The highest BCUT2D eigenvalue weighted by Crippen LogP contribution is 2.32. The summed E-state index contributed by atoms with van der Waals surface area (Å²) in [6.07, 6.45) is 1.42. The normalized spacial score (nSPS) is 12.8. The lowest BCUT2D eigenvalue weighted by Crippen LogP contribution is -2.48. The molecule has 1 heterocycles. The molecule has 1 atom stereocenters. The summed E-state index contributed by atoms with van der Waals surface area (Å²) >= 11 is 0. The minimum absolute atomic E-state index is 0.102. The fraction of sp³-hybridized carbons (Fsp3) is 0.360. The highest BCUT2D eigenvalue weighted by molar-refractivity contribution is 5.98. The fourth-order valence-electron chi connectivity index (χ4n) is 3.26. The maximum atomic E-state index is 12.7. The third-order valence-electron chi connectivity index (χ3n) is 5.10. The van der Waals surface area contributed by atoms with Crippen LogP contribution in [0.1, 0.15) is 36.7 Å². The van der Waals surface area contributed by atoms with E-state index in [1.165, 1.54) is 13.3 Å². The van der Waals surface area contributed by atoms with Gasteiger partial charge in [0.1, 0.15) is 6.04 Å². The fourth-order valence-corrected chi connectivity index (χ4v) is 3.26. The number of benzene rings is 2. The first-order valence-corrected chi connectivity index (χ1v) is 11.3. The summed E-state index contributed by atoms with van der Waals surface area (Å²) in [6.45, 7) is 5.46. The Labute approximate surface area is 208 Å². The van der Waals surface area contributed by atoms with Gasteiger partial charge in [-0.2, -0.15) is 5.10 Å². The van der Waals surface area contributed by atoms with Crippen LogP contribution in [0, 0.1) is 5.92 Å². The standard InChI is InChI=1S/C25H29N3O8/c1-5-33-22(29)13-34-18-8-6-16(10-20(18)32-4)12-26-28-25(31)23(15(2)3)27-24(30)17-7-9-19-21(11-17)36-14-35-19/h6-12,15,23H,5,13-14H2,1-4H3,(H,27,30)(H,28,31)/b26-12+. The quantitative estimate of drug-likeness (QED) is 0.273. The second-order valence-electron chi connectivity index (χ2n) is 8.00. The van der Waals surface area contributed by atoms with Gasteiger partial charge in [-0.3, -0.25) is 9.59 Å². The van der Waals surface area contributed by atoms with Crippen LogP contribution >= 0.6 is 0 Å². The van der Waals surface area contributed by atoms with Crippen molar-refractivity contribution >= 4 is 24.0 Å². The first-order chi connectivity index (χ1) is 17.3. The van der Waals surface area contributed by atoms with Gasteiger partial charge in [-0.05, 0) is 54.8 Å². The zero-order chi connectivity index (χ0) is 26.1. The average Bonchev–Trinajstić information content (AvgIpc) is 3.34. The number of hydrazone groups is 1. The number of nitrogens with zero attached hydrogens (tertiary/aromatic N) is 1. The van der Waals surface area contributed by atoms with Gasteiger partial charge in [0.2, 0.25) is 6.79 Å². The van der Waals surface area contributed by atoms with E-state index >= 15 is 0 Å². The van der Waals surface area contributed by atoms with E-state index in [1.807, 2.05) is 13.8 Å². The molecule has 2 N–H and O–H groups in total. The largest absolute Gasteiger partial charge is 0.493 e. The van der Waals surface area contributed by atoms with Crippen molar-refractivity contribution in [3.8, 4) is 23.0 Å². The molecule has 0 bridgehead atoms. The van der Waals surface area contributed by atoms with E-state index in [9.17, 15) is 14.4 Å². The van der Waals surface area contributed by atoms with Crippen molar-refractivity contribution in [3.63, 3.8) is 0 Å². The van der Waals surface area contributed by atoms with Gasteiger partial charge < -0.3 is 29.0 Å². The number of fused-ring (bicyclic) bond motifs is 1. The van der Waals surface area contributed by atoms with Gasteiger partial charge in [-0.1, -0.05) is 13.8 Å². The van der Waals surface area contributed by atoms with Crippen molar-refractivity contribution in [2.45, 2.75) is 26.8 Å². The predicted octanol–water partition coefficient (Wildman–Crippen LogP) is 2.27. The van der Waals surface area contributed by atoms with E-state index < -0.39 is 23.8 Å². The van der Waals surface area contributed by atoms with Crippen LogP contribution < -0.4 is 29.7 Å². The summed E-state index contributed by atoms with van der Waals surface area (Å²) in [5, 5.41) is 6.73. The third-order valence-corrected chi connectivity index (χ3v) is 5.10. The Morgan fingerprint density at radius 2 is 1.86 bits per heavy atom. The average molecular weight is 500 g/mol. The Kier molecular flexibility index (Phi) is 9.09. The molecule has 1 aliphatic rings. The molecule has 1 unspecified atom stereocenters. The van der Waals surface area contributed by atoms with Crippen LogP contribution in [0.15, 0.2) is 41.5 Å². The molecule has 2 amide bonds. The van der Waals surface area contributed by atoms with Crippen molar-refractivity contribution in [2.24, 2.45) is 11.0 Å². The number of carbonyl (C=O) groups is 3. The van der Waals surface area contributed by atoms with E-state index in [-0.39, 0.29) is 25.9 Å². The van der Waals surface area contributed by atoms with Crippen LogP contribution in [-0.4, -0.2) is 57.2 Å². The van der Waals surface area contributed by atoms with E-state index in [0.717, 1.165) is 0 Å². The molecule has 2 aromatic rings. The van der Waals surface area contributed by atoms with Crippen LogP contribution in [0.4, 0.5) is 0 Å². The van der Waals surface area contributed by atoms with Crippen LogP contribution in [0.2, 0.25) is 0 Å². The van der Waals surface area contributed by atoms with Crippen LogP contribution in [0.3, 0.4) is 0 Å². The number of hydrogen-bond acceptors (Lipinski definition) is 9. The highest BCUT2D eigenvalue weighted by atomic mass is 16.7. The number of carbonyl (C=O) groups excluding carboxylic acids is 3. The molecule has 0 spiro atoms. The monoisotopic (exact) mass is 499 g/mol. The lowest BCUT2D eigenvalue weighted by Gasteiger charge is -2.20. The molecule has 11 heteroatoms. The zero-order valence-electron chi connectivity index (χ0n) is 20.5. The molecule has 36 heavy (non-hydrogen) atoms. The molecular weight excluding hydrogens is 470 g/mol. The summed E-state index contributed by atoms with van der Waals surface area (Å²) in [4.78, 5) is 36.9. The molecule has 0 aromatic heterocycles. The van der Waals surface area contributed by atoms with Gasteiger partial charge in [-0.25, -0.2) is 10.2 Å². The summed E-state index contributed by atoms with van der Waals surface area (Å²) in [5.41, 5.74) is 3.41. The second kappa shape index (κ2) is 12.4. The van der Waals surface area contributed by atoms with Gasteiger partial charge in [-0.15, -0.1) is 0 Å². The molecule has 2 aromatic carbocycles. The first-order valence-electron chi connectivity index (χ1n) is 11.3. The minimum Gasteiger partial charge on any atom is -0.493 e. The van der Waals surface area contributed by atoms with E-state index in [4.69, 9.17) is 23.7 Å². The van der Waals surface area contributed by atoms with Gasteiger partial charge in [0.05, 0.1) is 19.9 Å². The number of nitrogens with one attached hydrogen (secondary N) is 2. The Hall–Kier alpha value is -4.28. The number of esters is 1. The van der Waals surface area contributed by atoms with E-state index in [1.54, 1.807) is 43.3 Å². The molecule has 0 fully saturated rings. The molecular formula is C25H29N3O8. The van der Waals surface area contributed by atoms with Crippen molar-refractivity contribution in [2.75, 3.05) is 27.1 Å². The van der Waals surface area contributed by atoms with E-state index in [2.05, 4.69) is 15.8 Å². The SMILES string of the molecule is CCOC(=O)COc1ccc(/C=N/NC(=O)C(NC(=O)c2ccc3c(c2)OCO3)C(C)C)cc1OC. The number of rotatable bonds is 11. The zero-order valence-corrected chi connectivity index (χ0v) is 20.5. The maximum Gasteiger partial charge on any atom is 0.344 e. The molecule has 0 radical (unpaired) electrons. The molecule has 3 rings (SSSR count). The molecule has 192 valence electrons. The van der Waals surface area contributed by atoms with Crippen molar-refractivity contribution in [3.05, 3.63) is 47.5 Å². The topological polar surface area (TPSA) is 134 Å². The van der Waals surface area contributed by atoms with Crippen molar-refractivity contribution in [1.29, 1.82) is 0 Å². The van der Waals surface area contributed by atoms with Gasteiger partial charge in [0.25, 0.3) is 11.8 Å². The Balaban J connectivity index is 1.59. The number of ether oxygens (including phenoxy) is 5. The van der Waals surface area contributed by atoms with Gasteiger partial charge >= 0.3 is 5.97 Å². The van der Waals surface area contributed by atoms with Crippen molar-refractivity contribution in [1.82, 2.24) is 10.7 Å². The number of methoxy groups -OCH3 is 1. The summed E-state index contributed by atoms with van der Waals surface area (Å²) in [5.74, 6) is 0.196.